The van der Waals surface area contributed by atoms with Crippen molar-refractivity contribution in [3.05, 3.63) is 11.6 Å². The Morgan fingerprint density at radius 3 is 2.67 bits per heavy atom. The summed E-state index contributed by atoms with van der Waals surface area (Å²) < 4.78 is 35.1. The Bertz CT molecular complexity index is 235. The van der Waals surface area contributed by atoms with Crippen LogP contribution in [0, 0.1) is 0 Å². The number of thiazole rings is 1. The van der Waals surface area contributed by atoms with E-state index in [1.165, 1.54) is 11.6 Å². The molecule has 0 radical (unpaired) electrons. The van der Waals surface area contributed by atoms with Crippen LogP contribution in [0.3, 0.4) is 0 Å². The summed E-state index contributed by atoms with van der Waals surface area (Å²) in [6.07, 6.45) is -5.87. The van der Waals surface area contributed by atoms with Gasteiger partial charge in [-0.05, 0) is 0 Å². The van der Waals surface area contributed by atoms with Gasteiger partial charge < -0.3 is 10.4 Å². The molecule has 1 atom stereocenters. The number of aromatic nitrogens is 1. The fourth-order valence-electron chi connectivity index (χ4n) is 0.494. The second-order valence-electron chi connectivity index (χ2n) is 1.93. The summed E-state index contributed by atoms with van der Waals surface area (Å²) in [6, 6.07) is 0. The van der Waals surface area contributed by atoms with E-state index in [1.54, 1.807) is 5.32 Å². The third-order valence-electron chi connectivity index (χ3n) is 1.00. The van der Waals surface area contributed by atoms with Crippen molar-refractivity contribution in [1.29, 1.82) is 0 Å². The minimum Gasteiger partial charge on any atom is -0.366 e. The van der Waals surface area contributed by atoms with Gasteiger partial charge in [-0.2, -0.15) is 13.2 Å². The maximum Gasteiger partial charge on any atom is 0.433 e. The Labute approximate surface area is 69.9 Å². The predicted octanol–water partition coefficient (Wildman–Crippen LogP) is 1.44. The van der Waals surface area contributed by atoms with Crippen molar-refractivity contribution >= 4 is 16.5 Å². The van der Waals surface area contributed by atoms with Crippen LogP contribution in [0.15, 0.2) is 11.6 Å². The van der Waals surface area contributed by atoms with E-state index in [2.05, 4.69) is 4.98 Å². The highest BCUT2D eigenvalue weighted by atomic mass is 32.1. The number of alkyl halides is 3. The first-order valence-electron chi connectivity index (χ1n) is 2.91. The molecule has 1 aromatic heterocycles. The largest absolute Gasteiger partial charge is 0.433 e. The molecule has 0 aliphatic carbocycles. The monoisotopic (exact) mass is 198 g/mol. The number of hydrogen-bond acceptors (Lipinski definition) is 4. The average molecular weight is 198 g/mol. The van der Waals surface area contributed by atoms with Crippen molar-refractivity contribution in [3.8, 4) is 0 Å². The van der Waals surface area contributed by atoms with Gasteiger partial charge in [0, 0.05) is 11.6 Å². The summed E-state index contributed by atoms with van der Waals surface area (Å²) in [5.74, 6) is 0. The highest BCUT2D eigenvalue weighted by Crippen LogP contribution is 2.22. The van der Waals surface area contributed by atoms with Gasteiger partial charge in [0.2, 0.25) is 6.23 Å². The molecule has 0 bridgehead atoms. The van der Waals surface area contributed by atoms with Crippen LogP contribution < -0.4 is 5.32 Å². The summed E-state index contributed by atoms with van der Waals surface area (Å²) in [6.45, 7) is 0. The number of nitrogens with zero attached hydrogens (tertiary/aromatic N) is 1. The molecule has 7 heteroatoms. The summed E-state index contributed by atoms with van der Waals surface area (Å²) >= 11 is 0.985. The lowest BCUT2D eigenvalue weighted by Crippen LogP contribution is -2.35. The Balaban J connectivity index is 2.53. The third-order valence-corrected chi connectivity index (χ3v) is 1.71. The molecule has 1 rings (SSSR count). The van der Waals surface area contributed by atoms with E-state index in [4.69, 9.17) is 5.11 Å². The van der Waals surface area contributed by atoms with Crippen molar-refractivity contribution in [2.24, 2.45) is 0 Å². The van der Waals surface area contributed by atoms with Crippen molar-refractivity contribution in [1.82, 2.24) is 4.98 Å². The van der Waals surface area contributed by atoms with E-state index in [0.717, 1.165) is 11.3 Å². The van der Waals surface area contributed by atoms with E-state index in [9.17, 15) is 13.2 Å². The summed E-state index contributed by atoms with van der Waals surface area (Å²) in [7, 11) is 0. The van der Waals surface area contributed by atoms with Crippen LogP contribution in [0.4, 0.5) is 18.3 Å². The maximum absolute atomic E-state index is 11.7. The number of nitrogens with one attached hydrogen (secondary N) is 1. The molecule has 0 aliphatic heterocycles. The Morgan fingerprint density at radius 1 is 1.58 bits per heavy atom. The number of aliphatic hydroxyl groups is 1. The molecular weight excluding hydrogens is 193 g/mol. The molecule has 3 nitrogen and oxygen atoms in total. The van der Waals surface area contributed by atoms with E-state index < -0.39 is 12.4 Å². The van der Waals surface area contributed by atoms with E-state index >= 15 is 0 Å². The van der Waals surface area contributed by atoms with E-state index in [0.29, 0.717) is 0 Å². The van der Waals surface area contributed by atoms with Gasteiger partial charge in [0.15, 0.2) is 5.13 Å². The van der Waals surface area contributed by atoms with Gasteiger partial charge in [-0.25, -0.2) is 4.98 Å². The normalized spacial score (nSPS) is 14.3. The first kappa shape index (κ1) is 9.27. The molecule has 1 heterocycles. The fourth-order valence-corrected chi connectivity index (χ4v) is 1.05. The number of rotatable bonds is 2. The summed E-state index contributed by atoms with van der Waals surface area (Å²) in [4.78, 5) is 3.52. The van der Waals surface area contributed by atoms with Gasteiger partial charge in [0.1, 0.15) is 0 Å². The van der Waals surface area contributed by atoms with Crippen molar-refractivity contribution in [2.45, 2.75) is 12.4 Å². The Morgan fingerprint density at radius 2 is 2.25 bits per heavy atom. The average Bonchev–Trinajstić information content (AvgIpc) is 2.37. The highest BCUT2D eigenvalue weighted by molar-refractivity contribution is 7.13. The second-order valence-corrected chi connectivity index (χ2v) is 2.82. The van der Waals surface area contributed by atoms with Crippen LogP contribution in [-0.4, -0.2) is 22.5 Å². The number of hydrogen-bond donors (Lipinski definition) is 2. The minimum atomic E-state index is -4.66. The zero-order valence-corrected chi connectivity index (χ0v) is 6.49. The zero-order valence-electron chi connectivity index (χ0n) is 5.67. The van der Waals surface area contributed by atoms with Crippen LogP contribution in [0.5, 0.6) is 0 Å². The topological polar surface area (TPSA) is 45.1 Å². The molecular formula is C5H5F3N2OS. The first-order valence-corrected chi connectivity index (χ1v) is 3.79. The van der Waals surface area contributed by atoms with Crippen LogP contribution in [0.25, 0.3) is 0 Å². The van der Waals surface area contributed by atoms with Gasteiger partial charge in [-0.15, -0.1) is 11.3 Å². The van der Waals surface area contributed by atoms with Gasteiger partial charge >= 0.3 is 6.18 Å². The van der Waals surface area contributed by atoms with Crippen molar-refractivity contribution in [2.75, 3.05) is 5.32 Å². The first-order chi connectivity index (χ1) is 5.50. The second kappa shape index (κ2) is 3.28. The molecule has 1 unspecified atom stereocenters. The maximum atomic E-state index is 11.7. The highest BCUT2D eigenvalue weighted by Gasteiger charge is 2.38. The molecule has 2 N–H and O–H groups in total. The molecule has 68 valence electrons. The van der Waals surface area contributed by atoms with Crippen LogP contribution in [-0.2, 0) is 0 Å². The van der Waals surface area contributed by atoms with Gasteiger partial charge in [-0.1, -0.05) is 0 Å². The van der Waals surface area contributed by atoms with Crippen LogP contribution in [0.2, 0.25) is 0 Å². The Kier molecular flexibility index (Phi) is 2.53. The van der Waals surface area contributed by atoms with Crippen molar-refractivity contribution < 1.29 is 18.3 Å². The lowest BCUT2D eigenvalue weighted by atomic mass is 10.5. The molecule has 0 amide bonds. The van der Waals surface area contributed by atoms with Crippen molar-refractivity contribution in [3.63, 3.8) is 0 Å². The molecule has 1 aromatic rings. The SMILES string of the molecule is OC(Nc1nccs1)C(F)(F)F. The predicted molar refractivity (Wildman–Crippen MR) is 37.8 cm³/mol. The van der Waals surface area contributed by atoms with Gasteiger partial charge in [0.25, 0.3) is 0 Å². The Hall–Kier alpha value is -0.820. The molecule has 0 spiro atoms. The van der Waals surface area contributed by atoms with Gasteiger partial charge in [-0.3, -0.25) is 0 Å². The van der Waals surface area contributed by atoms with Crippen LogP contribution in [0.1, 0.15) is 0 Å². The smallest absolute Gasteiger partial charge is 0.366 e. The lowest BCUT2D eigenvalue weighted by molar-refractivity contribution is -0.194. The van der Waals surface area contributed by atoms with E-state index in [1.807, 2.05) is 0 Å². The molecule has 0 saturated heterocycles. The quantitative estimate of drug-likeness (QED) is 0.706. The number of halogens is 3. The fraction of sp³-hybridized carbons (Fsp3) is 0.400. The third kappa shape index (κ3) is 2.35. The summed E-state index contributed by atoms with van der Waals surface area (Å²) in [5, 5.41) is 11.8. The van der Waals surface area contributed by atoms with Gasteiger partial charge in [0.05, 0.1) is 0 Å². The number of aliphatic hydroxyl groups excluding tert-OH is 1. The van der Waals surface area contributed by atoms with Crippen LogP contribution >= 0.6 is 11.3 Å². The molecule has 12 heavy (non-hydrogen) atoms. The lowest BCUT2D eigenvalue weighted by Gasteiger charge is -2.14. The minimum absolute atomic E-state index is 0.0415. The molecule has 0 saturated carbocycles. The van der Waals surface area contributed by atoms with E-state index in [-0.39, 0.29) is 5.13 Å². The molecule has 0 aliphatic rings. The zero-order chi connectivity index (χ0) is 9.19. The molecule has 0 aromatic carbocycles. The molecule has 0 fully saturated rings. The summed E-state index contributed by atoms with van der Waals surface area (Å²) in [5.41, 5.74) is 0. The standard InChI is InChI=1S/C5H5F3N2OS/c6-5(7,8)3(11)10-4-9-1-2-12-4/h1-3,11H,(H,9,10). The number of anilines is 1.